The Morgan fingerprint density at radius 3 is 2.37 bits per heavy atom. The summed E-state index contributed by atoms with van der Waals surface area (Å²) in [5.41, 5.74) is -0.314. The Bertz CT molecular complexity index is 1430. The second kappa shape index (κ2) is 11.9. The molecule has 1 N–H and O–H groups in total. The highest BCUT2D eigenvalue weighted by Crippen LogP contribution is 2.44. The second-order valence-corrected chi connectivity index (χ2v) is 12.6. The number of hydrogen-bond donors (Lipinski definition) is 1. The summed E-state index contributed by atoms with van der Waals surface area (Å²) in [4.78, 5) is 29.8. The van der Waals surface area contributed by atoms with Crippen molar-refractivity contribution in [1.29, 1.82) is 0 Å². The summed E-state index contributed by atoms with van der Waals surface area (Å²) in [6, 6.07) is 7.86. The van der Waals surface area contributed by atoms with E-state index in [0.29, 0.717) is 57.1 Å². The van der Waals surface area contributed by atoms with Crippen LogP contribution in [0.3, 0.4) is 0 Å². The third kappa shape index (κ3) is 6.14. The predicted octanol–water partition coefficient (Wildman–Crippen LogP) is 5.92. The van der Waals surface area contributed by atoms with E-state index in [1.54, 1.807) is 4.90 Å². The molecule has 2 aliphatic heterocycles. The number of nitrogens with zero attached hydrogens (tertiary/aromatic N) is 5. The van der Waals surface area contributed by atoms with Gasteiger partial charge in [-0.25, -0.2) is 18.0 Å². The first kappa shape index (κ1) is 31.0. The Balaban J connectivity index is 1.35. The molecule has 1 aromatic heterocycles. The minimum Gasteiger partial charge on any atom is -0.478 e. The molecule has 232 valence electrons. The van der Waals surface area contributed by atoms with E-state index >= 15 is 0 Å². The van der Waals surface area contributed by atoms with Gasteiger partial charge in [0.1, 0.15) is 11.3 Å². The summed E-state index contributed by atoms with van der Waals surface area (Å²) >= 11 is 6.51. The monoisotopic (exact) mass is 619 g/mol. The van der Waals surface area contributed by atoms with Gasteiger partial charge in [0.15, 0.2) is 5.67 Å². The zero-order valence-corrected chi connectivity index (χ0v) is 25.3. The molecule has 1 amide bonds. The van der Waals surface area contributed by atoms with Crippen molar-refractivity contribution in [1.82, 2.24) is 19.6 Å². The van der Waals surface area contributed by atoms with E-state index in [1.807, 2.05) is 12.2 Å². The van der Waals surface area contributed by atoms with Gasteiger partial charge in [0, 0.05) is 61.1 Å². The topological polar surface area (TPSA) is 81.9 Å². The molecule has 3 aliphatic rings. The van der Waals surface area contributed by atoms with Crippen LogP contribution in [-0.2, 0) is 10.2 Å². The zero-order valence-electron chi connectivity index (χ0n) is 24.6. The van der Waals surface area contributed by atoms with Crippen molar-refractivity contribution in [3.63, 3.8) is 0 Å². The second-order valence-electron chi connectivity index (χ2n) is 12.2. The summed E-state index contributed by atoms with van der Waals surface area (Å²) in [5.74, 6) is -1.91. The normalized spacial score (nSPS) is 23.3. The summed E-state index contributed by atoms with van der Waals surface area (Å²) in [6.07, 6.45) is 3.92. The Kier molecular flexibility index (Phi) is 8.57. The molecule has 2 saturated heterocycles. The molecule has 5 rings (SSSR count). The van der Waals surface area contributed by atoms with Gasteiger partial charge < -0.3 is 19.8 Å². The van der Waals surface area contributed by atoms with E-state index in [4.69, 9.17) is 11.6 Å². The molecule has 8 nitrogen and oxygen atoms in total. The number of carboxylic acids is 1. The molecule has 12 heteroatoms. The molecule has 43 heavy (non-hydrogen) atoms. The fraction of sp³-hybridized carbons (Fsp3) is 0.516. The average Bonchev–Trinajstić information content (AvgIpc) is 3.44. The Labute approximate surface area is 254 Å². The van der Waals surface area contributed by atoms with Crippen LogP contribution in [0.15, 0.2) is 53.3 Å². The fourth-order valence-electron chi connectivity index (χ4n) is 6.46. The van der Waals surface area contributed by atoms with Crippen LogP contribution in [0.1, 0.15) is 74.1 Å². The number of piperidine rings is 1. The van der Waals surface area contributed by atoms with Gasteiger partial charge >= 0.3 is 5.97 Å². The highest BCUT2D eigenvalue weighted by Gasteiger charge is 2.39. The number of allylic oxidation sites excluding steroid dienone is 4. The van der Waals surface area contributed by atoms with Gasteiger partial charge in [-0.3, -0.25) is 9.48 Å². The third-order valence-corrected chi connectivity index (χ3v) is 9.11. The lowest BCUT2D eigenvalue weighted by Gasteiger charge is -2.45. The van der Waals surface area contributed by atoms with Crippen molar-refractivity contribution in [3.05, 3.63) is 70.2 Å². The molecular formula is C31H37ClF3N5O3. The largest absolute Gasteiger partial charge is 0.478 e. The molecule has 2 unspecified atom stereocenters. The van der Waals surface area contributed by atoms with E-state index in [0.717, 1.165) is 29.6 Å². The minimum absolute atomic E-state index is 0.392. The third-order valence-electron chi connectivity index (χ3n) is 8.84. The standard InChI is InChI=1S/C31H37ClF3N5O3/c1-30(2,35)29(43)38-15-13-37(14-16-38)22-8-6-20(7-9-22)31(3)11-10-21(32)17-25(31)39-12-4-5-23(19-39)40-26(27(33)34)24(18-36-40)28(41)42/h6-10,17-18,23,27H,4-5,11-16,19H2,1-3H3,(H,41,42). The molecule has 2 atom stereocenters. The van der Waals surface area contributed by atoms with Gasteiger partial charge in [-0.2, -0.15) is 5.10 Å². The first-order chi connectivity index (χ1) is 20.3. The molecule has 2 aromatic rings. The number of halogens is 4. The quantitative estimate of drug-likeness (QED) is 0.414. The summed E-state index contributed by atoms with van der Waals surface area (Å²) in [7, 11) is 0. The number of aromatic nitrogens is 2. The number of likely N-dealkylation sites (tertiary alicyclic amines) is 1. The van der Waals surface area contributed by atoms with Crippen LogP contribution in [0.5, 0.6) is 0 Å². The predicted molar refractivity (Wildman–Crippen MR) is 158 cm³/mol. The van der Waals surface area contributed by atoms with Gasteiger partial charge in [-0.05, 0) is 63.8 Å². The summed E-state index contributed by atoms with van der Waals surface area (Å²) in [5, 5.41) is 14.1. The van der Waals surface area contributed by atoms with Crippen molar-refractivity contribution >= 4 is 29.2 Å². The summed E-state index contributed by atoms with van der Waals surface area (Å²) in [6.45, 7) is 7.93. The molecular weight excluding hydrogens is 583 g/mol. The van der Waals surface area contributed by atoms with Crippen LogP contribution >= 0.6 is 11.6 Å². The number of alkyl halides is 3. The zero-order chi connectivity index (χ0) is 31.1. The van der Waals surface area contributed by atoms with Gasteiger partial charge in [-0.1, -0.05) is 29.8 Å². The van der Waals surface area contributed by atoms with Crippen molar-refractivity contribution in [2.75, 3.05) is 44.2 Å². The first-order valence-corrected chi connectivity index (χ1v) is 14.9. The highest BCUT2D eigenvalue weighted by atomic mass is 35.5. The van der Waals surface area contributed by atoms with Crippen LogP contribution in [-0.4, -0.2) is 81.5 Å². The maximum Gasteiger partial charge on any atom is 0.339 e. The van der Waals surface area contributed by atoms with E-state index in [-0.39, 0.29) is 0 Å². The fourth-order valence-corrected chi connectivity index (χ4v) is 6.64. The molecule has 2 fully saturated rings. The lowest BCUT2D eigenvalue weighted by atomic mass is 9.73. The molecule has 3 heterocycles. The molecule has 1 aliphatic carbocycles. The Morgan fingerprint density at radius 2 is 1.77 bits per heavy atom. The maximum absolute atomic E-state index is 14.1. The van der Waals surface area contributed by atoms with Gasteiger partial charge in [0.25, 0.3) is 12.3 Å². The van der Waals surface area contributed by atoms with Crippen LogP contribution in [0.25, 0.3) is 0 Å². The number of piperazine rings is 1. The molecule has 0 saturated carbocycles. The average molecular weight is 620 g/mol. The van der Waals surface area contributed by atoms with E-state index < -0.39 is 46.7 Å². The number of anilines is 1. The Hall–Kier alpha value is -3.47. The first-order valence-electron chi connectivity index (χ1n) is 14.5. The molecule has 1 aromatic carbocycles. The van der Waals surface area contributed by atoms with E-state index in [9.17, 15) is 27.9 Å². The van der Waals surface area contributed by atoms with Crippen LogP contribution in [0.2, 0.25) is 0 Å². The highest BCUT2D eigenvalue weighted by molar-refractivity contribution is 6.31. The van der Waals surface area contributed by atoms with Crippen molar-refractivity contribution < 1.29 is 27.9 Å². The number of benzene rings is 1. The van der Waals surface area contributed by atoms with Crippen molar-refractivity contribution in [2.24, 2.45) is 0 Å². The van der Waals surface area contributed by atoms with E-state index in [2.05, 4.69) is 46.1 Å². The lowest BCUT2D eigenvalue weighted by molar-refractivity contribution is -0.142. The van der Waals surface area contributed by atoms with Crippen LogP contribution < -0.4 is 4.90 Å². The van der Waals surface area contributed by atoms with E-state index in [1.165, 1.54) is 18.5 Å². The van der Waals surface area contributed by atoms with Gasteiger partial charge in [0.2, 0.25) is 0 Å². The summed E-state index contributed by atoms with van der Waals surface area (Å²) < 4.78 is 43.2. The minimum atomic E-state index is -2.96. The number of amides is 1. The van der Waals surface area contributed by atoms with Crippen LogP contribution in [0, 0.1) is 0 Å². The van der Waals surface area contributed by atoms with Crippen molar-refractivity contribution in [2.45, 2.75) is 63.6 Å². The van der Waals surface area contributed by atoms with Gasteiger partial charge in [-0.15, -0.1) is 0 Å². The number of carbonyl (C=O) groups excluding carboxylic acids is 1. The van der Waals surface area contributed by atoms with Crippen molar-refractivity contribution in [3.8, 4) is 0 Å². The number of carbonyl (C=O) groups is 2. The smallest absolute Gasteiger partial charge is 0.339 e. The number of aromatic carboxylic acids is 1. The number of hydrogen-bond acceptors (Lipinski definition) is 5. The lowest BCUT2D eigenvalue weighted by Crippen LogP contribution is -2.53. The SMILES string of the molecule is CC(C)(F)C(=O)N1CCN(c2ccc(C3(C)CC=C(Cl)C=C3N3CCCC(n4ncc(C(=O)O)c4C(F)F)C3)cc2)CC1. The Morgan fingerprint density at radius 1 is 1.09 bits per heavy atom. The number of rotatable bonds is 7. The maximum atomic E-state index is 14.1. The molecule has 0 bridgehead atoms. The molecule has 0 spiro atoms. The number of carboxylic acid groups (broad SMARTS) is 1. The van der Waals surface area contributed by atoms with Gasteiger partial charge in [0.05, 0.1) is 12.2 Å². The van der Waals surface area contributed by atoms with Crippen LogP contribution in [0.4, 0.5) is 18.9 Å². The molecule has 0 radical (unpaired) electrons.